The fourth-order valence-corrected chi connectivity index (χ4v) is 2.79. The van der Waals surface area contributed by atoms with Crippen LogP contribution in [0.3, 0.4) is 0 Å². The second-order valence-electron chi connectivity index (χ2n) is 4.31. The molecule has 1 aromatic rings. The molecule has 1 heterocycles. The van der Waals surface area contributed by atoms with Crippen LogP contribution in [-0.4, -0.2) is 6.04 Å². The third kappa shape index (κ3) is 1.31. The van der Waals surface area contributed by atoms with Crippen molar-refractivity contribution in [3.8, 4) is 0 Å². The number of quaternary nitrogens is 1. The SMILES string of the molecule is [O-][NH+]1c2ccc(Br)cc2CC1C1CC1. The van der Waals surface area contributed by atoms with Gasteiger partial charge in [-0.05, 0) is 25.0 Å². The quantitative estimate of drug-likeness (QED) is 0.760. The normalized spacial score (nSPS) is 30.4. The van der Waals surface area contributed by atoms with E-state index in [1.165, 1.54) is 18.4 Å². The molecular weight excluding hydrogens is 242 g/mol. The molecule has 0 bridgehead atoms. The van der Waals surface area contributed by atoms with Crippen molar-refractivity contribution in [1.29, 1.82) is 0 Å². The van der Waals surface area contributed by atoms with Crippen molar-refractivity contribution in [3.05, 3.63) is 33.4 Å². The molecule has 1 saturated carbocycles. The largest absolute Gasteiger partial charge is 0.629 e. The highest BCUT2D eigenvalue weighted by Crippen LogP contribution is 2.37. The third-order valence-electron chi connectivity index (χ3n) is 3.30. The zero-order valence-corrected chi connectivity index (χ0v) is 9.38. The first-order chi connectivity index (χ1) is 6.75. The molecule has 2 unspecified atom stereocenters. The van der Waals surface area contributed by atoms with Gasteiger partial charge in [0.2, 0.25) is 0 Å². The summed E-state index contributed by atoms with van der Waals surface area (Å²) in [6.45, 7) is 0. The summed E-state index contributed by atoms with van der Waals surface area (Å²) in [5.41, 5.74) is 2.20. The van der Waals surface area contributed by atoms with Gasteiger partial charge in [0.15, 0.2) is 0 Å². The molecule has 14 heavy (non-hydrogen) atoms. The molecule has 0 radical (unpaired) electrons. The number of rotatable bonds is 1. The topological polar surface area (TPSA) is 27.5 Å². The van der Waals surface area contributed by atoms with Crippen LogP contribution < -0.4 is 5.06 Å². The highest BCUT2D eigenvalue weighted by molar-refractivity contribution is 9.10. The molecule has 1 aromatic carbocycles. The van der Waals surface area contributed by atoms with Crippen LogP contribution in [0.2, 0.25) is 0 Å². The third-order valence-corrected chi connectivity index (χ3v) is 3.79. The minimum atomic E-state index is 0.305. The van der Waals surface area contributed by atoms with Gasteiger partial charge < -0.3 is 10.3 Å². The Balaban J connectivity index is 1.97. The average Bonchev–Trinajstić information content (AvgIpc) is 2.93. The molecule has 3 rings (SSSR count). The van der Waals surface area contributed by atoms with E-state index < -0.39 is 0 Å². The number of nitrogens with one attached hydrogen (secondary N) is 1. The van der Waals surface area contributed by atoms with E-state index in [0.717, 1.165) is 16.6 Å². The molecule has 0 spiro atoms. The Bertz CT molecular complexity index is 376. The Morgan fingerprint density at radius 2 is 2.14 bits per heavy atom. The Hall–Kier alpha value is -0.380. The summed E-state index contributed by atoms with van der Waals surface area (Å²) >= 11 is 3.45. The van der Waals surface area contributed by atoms with E-state index in [2.05, 4.69) is 22.0 Å². The molecule has 2 nitrogen and oxygen atoms in total. The molecule has 3 heteroatoms. The van der Waals surface area contributed by atoms with Crippen LogP contribution in [0.4, 0.5) is 5.69 Å². The predicted octanol–water partition coefficient (Wildman–Crippen LogP) is 1.80. The van der Waals surface area contributed by atoms with Crippen LogP contribution in [0.5, 0.6) is 0 Å². The zero-order valence-electron chi connectivity index (χ0n) is 7.79. The van der Waals surface area contributed by atoms with Gasteiger partial charge >= 0.3 is 0 Å². The van der Waals surface area contributed by atoms with Crippen LogP contribution in [0.1, 0.15) is 18.4 Å². The minimum Gasteiger partial charge on any atom is -0.629 e. The van der Waals surface area contributed by atoms with Crippen molar-refractivity contribution < 1.29 is 5.06 Å². The second-order valence-corrected chi connectivity index (χ2v) is 5.23. The van der Waals surface area contributed by atoms with Crippen LogP contribution >= 0.6 is 15.9 Å². The first-order valence-electron chi connectivity index (χ1n) is 5.08. The van der Waals surface area contributed by atoms with Gasteiger partial charge in [0.05, 0.1) is 6.04 Å². The predicted molar refractivity (Wildman–Crippen MR) is 58.3 cm³/mol. The lowest BCUT2D eigenvalue weighted by molar-refractivity contribution is -0.802. The summed E-state index contributed by atoms with van der Waals surface area (Å²) in [7, 11) is 0. The van der Waals surface area contributed by atoms with Crippen molar-refractivity contribution in [2.75, 3.05) is 0 Å². The van der Waals surface area contributed by atoms with Gasteiger partial charge in [0.1, 0.15) is 5.69 Å². The van der Waals surface area contributed by atoms with Gasteiger partial charge in [-0.3, -0.25) is 0 Å². The molecule has 0 saturated heterocycles. The van der Waals surface area contributed by atoms with Gasteiger partial charge in [0.25, 0.3) is 0 Å². The minimum absolute atomic E-state index is 0.305. The number of hydroxylamine groups is 1. The van der Waals surface area contributed by atoms with Crippen molar-refractivity contribution in [2.24, 2.45) is 5.92 Å². The molecule has 0 amide bonds. The Morgan fingerprint density at radius 1 is 1.36 bits per heavy atom. The number of halogens is 1. The maximum atomic E-state index is 12.0. The molecule has 2 aliphatic rings. The van der Waals surface area contributed by atoms with Gasteiger partial charge in [-0.25, -0.2) is 0 Å². The highest BCUT2D eigenvalue weighted by atomic mass is 79.9. The van der Waals surface area contributed by atoms with Crippen LogP contribution in [0.15, 0.2) is 22.7 Å². The fraction of sp³-hybridized carbons (Fsp3) is 0.455. The highest BCUT2D eigenvalue weighted by Gasteiger charge is 2.41. The zero-order chi connectivity index (χ0) is 9.71. The maximum absolute atomic E-state index is 12.0. The lowest BCUT2D eigenvalue weighted by Crippen LogP contribution is -3.05. The number of fused-ring (bicyclic) bond motifs is 1. The lowest BCUT2D eigenvalue weighted by Gasteiger charge is -2.24. The van der Waals surface area contributed by atoms with E-state index >= 15 is 0 Å². The molecule has 74 valence electrons. The molecule has 0 aromatic heterocycles. The molecule has 2 atom stereocenters. The Labute approximate surface area is 91.6 Å². The van der Waals surface area contributed by atoms with Gasteiger partial charge in [-0.15, -0.1) is 0 Å². The lowest BCUT2D eigenvalue weighted by atomic mass is 10.1. The summed E-state index contributed by atoms with van der Waals surface area (Å²) in [5, 5.41) is 12.4. The average molecular weight is 254 g/mol. The van der Waals surface area contributed by atoms with Gasteiger partial charge in [-0.1, -0.05) is 15.9 Å². The summed E-state index contributed by atoms with van der Waals surface area (Å²) in [4.78, 5) is 0. The van der Waals surface area contributed by atoms with E-state index in [-0.39, 0.29) is 0 Å². The molecular formula is C11H12BrNO. The number of hydrogen-bond donors (Lipinski definition) is 1. The Morgan fingerprint density at radius 3 is 2.86 bits per heavy atom. The van der Waals surface area contributed by atoms with Crippen molar-refractivity contribution in [3.63, 3.8) is 0 Å². The molecule has 1 fully saturated rings. The smallest absolute Gasteiger partial charge is 0.134 e. The van der Waals surface area contributed by atoms with E-state index in [9.17, 15) is 5.21 Å². The first kappa shape index (κ1) is 8.89. The summed E-state index contributed by atoms with van der Waals surface area (Å²) < 4.78 is 1.08. The van der Waals surface area contributed by atoms with E-state index in [0.29, 0.717) is 17.0 Å². The fourth-order valence-electron chi connectivity index (χ4n) is 2.38. The van der Waals surface area contributed by atoms with E-state index in [1.807, 2.05) is 12.1 Å². The van der Waals surface area contributed by atoms with E-state index in [4.69, 9.17) is 0 Å². The Kier molecular flexibility index (Phi) is 1.94. The first-order valence-corrected chi connectivity index (χ1v) is 5.87. The van der Waals surface area contributed by atoms with Crippen molar-refractivity contribution in [1.82, 2.24) is 0 Å². The van der Waals surface area contributed by atoms with Crippen LogP contribution in [-0.2, 0) is 6.42 Å². The summed E-state index contributed by atoms with van der Waals surface area (Å²) in [5.74, 6) is 0.689. The summed E-state index contributed by atoms with van der Waals surface area (Å²) in [6, 6.07) is 6.32. The maximum Gasteiger partial charge on any atom is 0.134 e. The van der Waals surface area contributed by atoms with Crippen molar-refractivity contribution >= 4 is 21.6 Å². The standard InChI is InChI=1S/C11H12BrNO/c12-9-3-4-10-8(5-9)6-11(13(10)14)7-1-2-7/h3-5,7,11,13H,1-2,6H2. The monoisotopic (exact) mass is 253 g/mol. The van der Waals surface area contributed by atoms with Crippen LogP contribution in [0.25, 0.3) is 0 Å². The van der Waals surface area contributed by atoms with Crippen LogP contribution in [0, 0.1) is 11.1 Å². The second kappa shape index (κ2) is 3.05. The van der Waals surface area contributed by atoms with Gasteiger partial charge in [0, 0.05) is 28.4 Å². The van der Waals surface area contributed by atoms with Crippen molar-refractivity contribution in [2.45, 2.75) is 25.3 Å². The van der Waals surface area contributed by atoms with E-state index in [1.54, 1.807) is 0 Å². The molecule has 1 aliphatic heterocycles. The molecule has 1 aliphatic carbocycles. The number of hydrogen-bond acceptors (Lipinski definition) is 1. The summed E-state index contributed by atoms with van der Waals surface area (Å²) in [6.07, 6.45) is 3.48. The molecule has 1 N–H and O–H groups in total. The van der Waals surface area contributed by atoms with Gasteiger partial charge in [-0.2, -0.15) is 0 Å². The number of benzene rings is 1.